The number of ether oxygens (including phenoxy) is 1. The third-order valence-electron chi connectivity index (χ3n) is 1.86. The first-order chi connectivity index (χ1) is 8.69. The molecule has 0 heterocycles. The van der Waals surface area contributed by atoms with Crippen LogP contribution in [0, 0.1) is 11.6 Å². The van der Waals surface area contributed by atoms with Gasteiger partial charge < -0.3 is 4.74 Å². The van der Waals surface area contributed by atoms with E-state index < -0.39 is 23.3 Å². The minimum atomic E-state index is -1.01. The fourth-order valence-electron chi connectivity index (χ4n) is 1.12. The fraction of sp³-hybridized carbons (Fsp3) is 0.333. The Labute approximate surface area is 115 Å². The summed E-state index contributed by atoms with van der Waals surface area (Å²) in [5.41, 5.74) is 4.19. The molecule has 4 nitrogen and oxygen atoms in total. The zero-order valence-electron chi connectivity index (χ0n) is 10.7. The summed E-state index contributed by atoms with van der Waals surface area (Å²) in [6, 6.07) is 3.18. The molecule has 0 aliphatic carbocycles. The van der Waals surface area contributed by atoms with Crippen molar-refractivity contribution in [3.05, 3.63) is 35.4 Å². The summed E-state index contributed by atoms with van der Waals surface area (Å²) in [7, 11) is 0. The van der Waals surface area contributed by atoms with Crippen LogP contribution in [0.25, 0.3) is 0 Å². The van der Waals surface area contributed by atoms with Gasteiger partial charge in [-0.05, 0) is 39.0 Å². The number of amides is 1. The molecule has 7 heteroatoms. The predicted molar refractivity (Wildman–Crippen MR) is 70.6 cm³/mol. The van der Waals surface area contributed by atoms with Crippen LogP contribution in [0.4, 0.5) is 13.6 Å². The summed E-state index contributed by atoms with van der Waals surface area (Å²) in [5, 5.41) is 0. The Kier molecular flexibility index (Phi) is 4.77. The maximum Gasteiger partial charge on any atom is 0.426 e. The summed E-state index contributed by atoms with van der Waals surface area (Å²) in [6.45, 7) is 5.13. The number of carbonyl (C=O) groups excluding carboxylic acids is 1. The smallest absolute Gasteiger partial charge is 0.426 e. The Morgan fingerprint density at radius 2 is 1.84 bits per heavy atom. The lowest BCUT2D eigenvalue weighted by Gasteiger charge is -2.20. The number of hydrazine groups is 1. The van der Waals surface area contributed by atoms with Gasteiger partial charge in [0.25, 0.3) is 0 Å². The third kappa shape index (κ3) is 5.17. The van der Waals surface area contributed by atoms with Crippen LogP contribution < -0.4 is 10.9 Å². The third-order valence-corrected chi connectivity index (χ3v) is 2.20. The lowest BCUT2D eigenvalue weighted by molar-refractivity contribution is 0.0513. The molecule has 0 unspecified atom stereocenters. The highest BCUT2D eigenvalue weighted by Crippen LogP contribution is 2.09. The zero-order chi connectivity index (χ0) is 14.6. The van der Waals surface area contributed by atoms with Gasteiger partial charge in [0.2, 0.25) is 0 Å². The van der Waals surface area contributed by atoms with Crippen molar-refractivity contribution in [3.63, 3.8) is 0 Å². The standard InChI is InChI=1S/C12H14F2N2O2S/c1-12(2,3)18-11(17)16-15-10(19)7-4-5-8(13)9(14)6-7/h4-6H,1-3H3,(H,15,19)(H,16,17). The van der Waals surface area contributed by atoms with E-state index in [-0.39, 0.29) is 10.6 Å². The average molecular weight is 288 g/mol. The first kappa shape index (κ1) is 15.3. The molecule has 0 radical (unpaired) electrons. The van der Waals surface area contributed by atoms with E-state index in [2.05, 4.69) is 10.9 Å². The molecule has 104 valence electrons. The monoisotopic (exact) mass is 288 g/mol. The van der Waals surface area contributed by atoms with Crippen LogP contribution in [0.5, 0.6) is 0 Å². The molecule has 0 saturated carbocycles. The first-order valence-electron chi connectivity index (χ1n) is 5.43. The zero-order valence-corrected chi connectivity index (χ0v) is 11.5. The summed E-state index contributed by atoms with van der Waals surface area (Å²) >= 11 is 4.91. The van der Waals surface area contributed by atoms with Gasteiger partial charge in [0.1, 0.15) is 10.6 Å². The van der Waals surface area contributed by atoms with Gasteiger partial charge >= 0.3 is 6.09 Å². The Hall–Kier alpha value is -1.76. The molecular formula is C12H14F2N2O2S. The number of halogens is 2. The van der Waals surface area contributed by atoms with Gasteiger partial charge in [-0.25, -0.2) is 19.0 Å². The SMILES string of the molecule is CC(C)(C)OC(=O)NNC(=S)c1ccc(F)c(F)c1. The van der Waals surface area contributed by atoms with Crippen LogP contribution in [0.15, 0.2) is 18.2 Å². The van der Waals surface area contributed by atoms with Crippen LogP contribution in [0.3, 0.4) is 0 Å². The van der Waals surface area contributed by atoms with Gasteiger partial charge in [-0.1, -0.05) is 12.2 Å². The number of nitrogens with one attached hydrogen (secondary N) is 2. The van der Waals surface area contributed by atoms with Crippen LogP contribution >= 0.6 is 12.2 Å². The molecule has 1 rings (SSSR count). The van der Waals surface area contributed by atoms with Crippen molar-refractivity contribution in [1.82, 2.24) is 10.9 Å². The average Bonchev–Trinajstić information content (AvgIpc) is 2.27. The number of benzene rings is 1. The van der Waals surface area contributed by atoms with E-state index in [0.29, 0.717) is 0 Å². The van der Waals surface area contributed by atoms with Crippen LogP contribution in [-0.2, 0) is 4.74 Å². The molecule has 1 aromatic carbocycles. The highest BCUT2D eigenvalue weighted by molar-refractivity contribution is 7.80. The minimum Gasteiger partial charge on any atom is -0.443 e. The van der Waals surface area contributed by atoms with Crippen LogP contribution in [0.2, 0.25) is 0 Å². The number of rotatable bonds is 1. The van der Waals surface area contributed by atoms with Crippen molar-refractivity contribution in [2.45, 2.75) is 26.4 Å². The molecule has 0 bridgehead atoms. The van der Waals surface area contributed by atoms with Crippen LogP contribution in [-0.4, -0.2) is 16.7 Å². The highest BCUT2D eigenvalue weighted by atomic mass is 32.1. The van der Waals surface area contributed by atoms with Gasteiger partial charge in [0.05, 0.1) is 0 Å². The summed E-state index contributed by atoms with van der Waals surface area (Å²) in [5.74, 6) is -1.98. The van der Waals surface area contributed by atoms with Crippen molar-refractivity contribution in [1.29, 1.82) is 0 Å². The topological polar surface area (TPSA) is 50.4 Å². The van der Waals surface area contributed by atoms with Gasteiger partial charge in [-0.2, -0.15) is 0 Å². The second-order valence-corrected chi connectivity index (χ2v) is 5.12. The second kappa shape index (κ2) is 5.92. The largest absolute Gasteiger partial charge is 0.443 e. The molecule has 0 aliphatic rings. The molecule has 0 fully saturated rings. The van der Waals surface area contributed by atoms with Crippen molar-refractivity contribution < 1.29 is 18.3 Å². The number of carbonyl (C=O) groups is 1. The summed E-state index contributed by atoms with van der Waals surface area (Å²) in [6.07, 6.45) is -0.725. The predicted octanol–water partition coefficient (Wildman–Crippen LogP) is 2.67. The van der Waals surface area contributed by atoms with Crippen molar-refractivity contribution in [3.8, 4) is 0 Å². The molecule has 0 spiro atoms. The Balaban J connectivity index is 2.56. The summed E-state index contributed by atoms with van der Waals surface area (Å²) < 4.78 is 30.7. The molecule has 1 amide bonds. The Morgan fingerprint density at radius 3 is 2.37 bits per heavy atom. The second-order valence-electron chi connectivity index (χ2n) is 4.71. The van der Waals surface area contributed by atoms with Crippen molar-refractivity contribution >= 4 is 23.3 Å². The molecule has 0 saturated heterocycles. The molecule has 0 aliphatic heterocycles. The lowest BCUT2D eigenvalue weighted by Crippen LogP contribution is -2.43. The molecule has 0 aromatic heterocycles. The molecule has 0 atom stereocenters. The molecule has 2 N–H and O–H groups in total. The summed E-state index contributed by atoms with van der Waals surface area (Å²) in [4.78, 5) is 11.4. The minimum absolute atomic E-state index is 0.0461. The van der Waals surface area contributed by atoms with Crippen molar-refractivity contribution in [2.75, 3.05) is 0 Å². The molecule has 19 heavy (non-hydrogen) atoms. The van der Waals surface area contributed by atoms with E-state index in [4.69, 9.17) is 17.0 Å². The maximum atomic E-state index is 13.0. The van der Waals surface area contributed by atoms with Gasteiger partial charge in [-0.3, -0.25) is 5.43 Å². The van der Waals surface area contributed by atoms with E-state index in [9.17, 15) is 13.6 Å². The van der Waals surface area contributed by atoms with E-state index in [1.54, 1.807) is 20.8 Å². The van der Waals surface area contributed by atoms with Gasteiger partial charge in [0.15, 0.2) is 11.6 Å². The Morgan fingerprint density at radius 1 is 1.21 bits per heavy atom. The quantitative estimate of drug-likeness (QED) is 0.616. The van der Waals surface area contributed by atoms with Gasteiger partial charge in [-0.15, -0.1) is 0 Å². The number of thiocarbonyl (C=S) groups is 1. The molecular weight excluding hydrogens is 274 g/mol. The Bertz CT molecular complexity index is 501. The lowest BCUT2D eigenvalue weighted by atomic mass is 10.2. The molecule has 1 aromatic rings. The first-order valence-corrected chi connectivity index (χ1v) is 5.84. The van der Waals surface area contributed by atoms with Crippen LogP contribution in [0.1, 0.15) is 26.3 Å². The maximum absolute atomic E-state index is 13.0. The number of hydrogen-bond acceptors (Lipinski definition) is 3. The fourth-order valence-corrected chi connectivity index (χ4v) is 1.30. The normalized spacial score (nSPS) is 10.8. The van der Waals surface area contributed by atoms with Gasteiger partial charge in [0, 0.05) is 5.56 Å². The highest BCUT2D eigenvalue weighted by Gasteiger charge is 2.16. The van der Waals surface area contributed by atoms with E-state index in [1.165, 1.54) is 6.07 Å². The van der Waals surface area contributed by atoms with E-state index in [1.807, 2.05) is 0 Å². The number of hydrogen-bond donors (Lipinski definition) is 2. The van der Waals surface area contributed by atoms with E-state index >= 15 is 0 Å². The van der Waals surface area contributed by atoms with E-state index in [0.717, 1.165) is 12.1 Å². The van der Waals surface area contributed by atoms with Crippen molar-refractivity contribution in [2.24, 2.45) is 0 Å².